The summed E-state index contributed by atoms with van der Waals surface area (Å²) in [7, 11) is 0. The third-order valence-corrected chi connectivity index (χ3v) is 15.8. The Morgan fingerprint density at radius 1 is 0.183 bits per heavy atom. The molecule has 1 nitrogen and oxygen atoms in total. The molecule has 2 aliphatic rings. The van der Waals surface area contributed by atoms with Crippen LogP contribution in [0.5, 0.6) is 0 Å². The average Bonchev–Trinajstić information content (AvgIpc) is 4.08. The molecule has 71 heavy (non-hydrogen) atoms. The molecule has 0 saturated heterocycles. The summed E-state index contributed by atoms with van der Waals surface area (Å²) in [5.41, 5.74) is 24.6. The Labute approximate surface area is 410 Å². The van der Waals surface area contributed by atoms with Gasteiger partial charge in [-0.1, -0.05) is 218 Å². The van der Waals surface area contributed by atoms with E-state index in [9.17, 15) is 0 Å². The predicted molar refractivity (Wildman–Crippen MR) is 300 cm³/mol. The van der Waals surface area contributed by atoms with Gasteiger partial charge in [-0.3, -0.25) is 0 Å². The van der Waals surface area contributed by atoms with Crippen LogP contribution in [0.15, 0.2) is 247 Å². The highest BCUT2D eigenvalue weighted by Gasteiger charge is 2.25. The van der Waals surface area contributed by atoms with E-state index in [0.717, 1.165) is 21.9 Å². The summed E-state index contributed by atoms with van der Waals surface area (Å²) in [6, 6.07) is 90.0. The summed E-state index contributed by atoms with van der Waals surface area (Å²) in [5.74, 6) is 0. The highest BCUT2D eigenvalue weighted by molar-refractivity contribution is 6.21. The van der Waals surface area contributed by atoms with Gasteiger partial charge in [0.05, 0.1) is 0 Å². The second-order valence-electron chi connectivity index (χ2n) is 19.4. The molecular weight excluding hydrogens is 857 g/mol. The normalized spacial score (nSPS) is 12.2. The van der Waals surface area contributed by atoms with E-state index >= 15 is 0 Å². The molecule has 0 fully saturated rings. The van der Waals surface area contributed by atoms with E-state index in [4.69, 9.17) is 4.42 Å². The van der Waals surface area contributed by atoms with Crippen molar-refractivity contribution >= 4 is 65.0 Å². The van der Waals surface area contributed by atoms with Crippen LogP contribution in [0.3, 0.4) is 0 Å². The maximum atomic E-state index is 6.43. The Morgan fingerprint density at radius 2 is 0.563 bits per heavy atom. The van der Waals surface area contributed by atoms with Gasteiger partial charge < -0.3 is 4.42 Å². The Morgan fingerprint density at radius 3 is 1.17 bits per heavy atom. The van der Waals surface area contributed by atoms with Gasteiger partial charge >= 0.3 is 0 Å². The molecule has 0 unspecified atom stereocenters. The molecule has 13 aromatic carbocycles. The molecule has 14 aromatic rings. The monoisotopic (exact) mass is 896 g/mol. The van der Waals surface area contributed by atoms with Crippen LogP contribution >= 0.6 is 0 Å². The summed E-state index contributed by atoms with van der Waals surface area (Å²) in [6.45, 7) is 0. The molecule has 1 aromatic heterocycles. The van der Waals surface area contributed by atoms with Crippen molar-refractivity contribution in [2.75, 3.05) is 0 Å². The number of hydrogen-bond donors (Lipinski definition) is 0. The molecule has 16 rings (SSSR count). The SMILES string of the molecule is c1ccc2c(c1)-c1cccc3c(-c4ccc(-c5ccc(-c6ccc7c(c6)-c6ccc(-c8ccc(-c9cccc%10oc%11cc%12ccccc%12cc%11c9%10)cc8)c8cccc-7c68)c6ccccc56)cc4)ccc-2c13. The fourth-order valence-corrected chi connectivity index (χ4v) is 12.6. The van der Waals surface area contributed by atoms with Gasteiger partial charge in [-0.15, -0.1) is 0 Å². The second kappa shape index (κ2) is 14.6. The zero-order valence-corrected chi connectivity index (χ0v) is 38.5. The number of fused-ring (bicyclic) bond motifs is 11. The zero-order chi connectivity index (χ0) is 46.3. The van der Waals surface area contributed by atoms with Crippen molar-refractivity contribution in [1.82, 2.24) is 0 Å². The fourth-order valence-electron chi connectivity index (χ4n) is 12.6. The summed E-state index contributed by atoms with van der Waals surface area (Å²) < 4.78 is 6.43. The lowest BCUT2D eigenvalue weighted by atomic mass is 9.89. The summed E-state index contributed by atoms with van der Waals surface area (Å²) in [4.78, 5) is 0. The third kappa shape index (κ3) is 5.57. The smallest absolute Gasteiger partial charge is 0.136 e. The molecule has 0 radical (unpaired) electrons. The van der Waals surface area contributed by atoms with E-state index in [2.05, 4.69) is 243 Å². The third-order valence-electron chi connectivity index (χ3n) is 15.8. The lowest BCUT2D eigenvalue weighted by Crippen LogP contribution is -1.88. The molecule has 0 spiro atoms. The van der Waals surface area contributed by atoms with Gasteiger partial charge in [-0.05, 0) is 167 Å². The van der Waals surface area contributed by atoms with Gasteiger partial charge in [-0.25, -0.2) is 0 Å². The first-order valence-corrected chi connectivity index (χ1v) is 24.6. The van der Waals surface area contributed by atoms with Gasteiger partial charge in [0.1, 0.15) is 11.2 Å². The molecule has 0 bridgehead atoms. The Kier molecular flexibility index (Phi) is 7.95. The standard InChI is InChI=1S/C70H40O/c1-2-11-46-40-67-65(38-45(46)10-1)70-52(16-9-21-66(70)71-67)44-28-26-43(27-29-44)50-35-37-63-64-39-47(30-31-57(64)61-20-8-18-59(50)69(61)63)51-33-32-48(53-12-3-4-13-54(51)53)41-22-24-42(25-23-41)49-34-36-62-56-15-6-5-14-55(56)60-19-7-17-58(49)68(60)62/h1-40H. The molecule has 0 N–H and O–H groups in total. The van der Waals surface area contributed by atoms with Gasteiger partial charge in [0.25, 0.3) is 0 Å². The first-order valence-electron chi connectivity index (χ1n) is 24.6. The van der Waals surface area contributed by atoms with E-state index in [0.29, 0.717) is 0 Å². The van der Waals surface area contributed by atoms with Crippen molar-refractivity contribution in [1.29, 1.82) is 0 Å². The molecule has 0 amide bonds. The molecule has 1 heterocycles. The van der Waals surface area contributed by atoms with Crippen molar-refractivity contribution in [2.45, 2.75) is 0 Å². The Hall–Kier alpha value is -9.30. The van der Waals surface area contributed by atoms with Crippen LogP contribution in [-0.4, -0.2) is 0 Å². The van der Waals surface area contributed by atoms with Crippen molar-refractivity contribution in [3.63, 3.8) is 0 Å². The van der Waals surface area contributed by atoms with E-state index in [1.807, 2.05) is 0 Å². The van der Waals surface area contributed by atoms with Gasteiger partial charge in [0.2, 0.25) is 0 Å². The predicted octanol–water partition coefficient (Wildman–Crippen LogP) is 19.8. The van der Waals surface area contributed by atoms with E-state index < -0.39 is 0 Å². The molecule has 0 aliphatic heterocycles. The van der Waals surface area contributed by atoms with E-state index in [-0.39, 0.29) is 0 Å². The van der Waals surface area contributed by atoms with Gasteiger partial charge in [-0.2, -0.15) is 0 Å². The van der Waals surface area contributed by atoms with Crippen LogP contribution in [0.2, 0.25) is 0 Å². The molecule has 1 heteroatoms. The lowest BCUT2D eigenvalue weighted by molar-refractivity contribution is 0.669. The van der Waals surface area contributed by atoms with Crippen molar-refractivity contribution < 1.29 is 4.42 Å². The second-order valence-corrected chi connectivity index (χ2v) is 19.4. The number of rotatable bonds is 5. The lowest BCUT2D eigenvalue weighted by Gasteiger charge is -2.14. The van der Waals surface area contributed by atoms with Crippen molar-refractivity contribution in [3.8, 4) is 100 Å². The van der Waals surface area contributed by atoms with E-state index in [1.54, 1.807) is 0 Å². The van der Waals surface area contributed by atoms with Gasteiger partial charge in [0.15, 0.2) is 0 Å². The van der Waals surface area contributed by atoms with Crippen molar-refractivity contribution in [3.05, 3.63) is 243 Å². The highest BCUT2D eigenvalue weighted by atomic mass is 16.3. The van der Waals surface area contributed by atoms with Crippen LogP contribution in [0.25, 0.3) is 165 Å². The first kappa shape index (κ1) is 38.6. The van der Waals surface area contributed by atoms with Crippen LogP contribution in [0.4, 0.5) is 0 Å². The molecule has 0 atom stereocenters. The molecule has 326 valence electrons. The Bertz CT molecular complexity index is 4580. The Balaban J connectivity index is 0.733. The quantitative estimate of drug-likeness (QED) is 0.168. The van der Waals surface area contributed by atoms with Crippen LogP contribution in [0.1, 0.15) is 0 Å². The summed E-state index contributed by atoms with van der Waals surface area (Å²) in [6.07, 6.45) is 0. The topological polar surface area (TPSA) is 13.1 Å². The van der Waals surface area contributed by atoms with Crippen LogP contribution in [-0.2, 0) is 0 Å². The maximum absolute atomic E-state index is 6.43. The molecule has 2 aliphatic carbocycles. The molecule has 0 saturated carbocycles. The van der Waals surface area contributed by atoms with Crippen LogP contribution < -0.4 is 0 Å². The highest BCUT2D eigenvalue weighted by Crippen LogP contribution is 2.52. The largest absolute Gasteiger partial charge is 0.456 e. The maximum Gasteiger partial charge on any atom is 0.136 e. The minimum absolute atomic E-state index is 0.913. The average molecular weight is 897 g/mol. The zero-order valence-electron chi connectivity index (χ0n) is 38.5. The number of furan rings is 1. The first-order chi connectivity index (χ1) is 35.2. The minimum Gasteiger partial charge on any atom is -0.456 e. The van der Waals surface area contributed by atoms with Crippen molar-refractivity contribution in [2.24, 2.45) is 0 Å². The minimum atomic E-state index is 0.913. The van der Waals surface area contributed by atoms with Crippen LogP contribution in [0, 0.1) is 0 Å². The number of hydrogen-bond acceptors (Lipinski definition) is 1. The number of benzene rings is 13. The van der Waals surface area contributed by atoms with E-state index in [1.165, 1.54) is 143 Å². The summed E-state index contributed by atoms with van der Waals surface area (Å²) >= 11 is 0. The molecular formula is C70H40O. The summed E-state index contributed by atoms with van der Waals surface area (Å²) in [5, 5.41) is 12.5. The fraction of sp³-hybridized carbons (Fsp3) is 0. The van der Waals surface area contributed by atoms with Gasteiger partial charge in [0, 0.05) is 10.8 Å².